The summed E-state index contributed by atoms with van der Waals surface area (Å²) in [6.45, 7) is 3.74. The number of aliphatic imine (C=N–C) groups is 1. The first-order valence-corrected chi connectivity index (χ1v) is 14.3. The maximum atomic E-state index is 12.1. The van der Waals surface area contributed by atoms with Gasteiger partial charge in [-0.25, -0.2) is 4.79 Å². The van der Waals surface area contributed by atoms with Crippen molar-refractivity contribution in [1.82, 2.24) is 0 Å². The summed E-state index contributed by atoms with van der Waals surface area (Å²) >= 11 is 0. The van der Waals surface area contributed by atoms with Crippen LogP contribution in [0.4, 0.5) is 11.4 Å². The van der Waals surface area contributed by atoms with Gasteiger partial charge in [-0.2, -0.15) is 4.99 Å². The average molecular weight is 592 g/mol. The predicted octanol–water partition coefficient (Wildman–Crippen LogP) is 6.07. The second-order valence-corrected chi connectivity index (χ2v) is 10.4. The average Bonchev–Trinajstić information content (AvgIpc) is 3.00. The molecule has 2 aromatic rings. The lowest BCUT2D eigenvalue weighted by Gasteiger charge is -2.18. The normalized spacial score (nSPS) is 17.3. The molecule has 0 saturated carbocycles. The zero-order valence-electron chi connectivity index (χ0n) is 24.3. The number of amides is 1. The van der Waals surface area contributed by atoms with Crippen molar-refractivity contribution in [3.8, 4) is 0 Å². The molecule has 2 atom stereocenters. The minimum absolute atomic E-state index is 0.00156. The van der Waals surface area contributed by atoms with Crippen molar-refractivity contribution in [2.45, 2.75) is 77.0 Å². The fourth-order valence-corrected chi connectivity index (χ4v) is 5.52. The summed E-state index contributed by atoms with van der Waals surface area (Å²) in [5, 5.41) is 31.8. The number of hydrogen-bond acceptors (Lipinski definition) is 6. The van der Waals surface area contributed by atoms with Crippen molar-refractivity contribution >= 4 is 29.2 Å². The van der Waals surface area contributed by atoms with Crippen LogP contribution >= 0.6 is 0 Å². The third kappa shape index (κ3) is 8.12. The Balaban J connectivity index is 0.000000238. The molecule has 0 heterocycles. The van der Waals surface area contributed by atoms with E-state index in [0.717, 1.165) is 38.5 Å². The number of carbonyl (C=O) groups excluding carboxylic acids is 1. The van der Waals surface area contributed by atoms with E-state index in [0.29, 0.717) is 35.1 Å². The minimum Gasteiger partial charge on any atom is -0.478 e. The molecule has 0 fully saturated rings. The highest BCUT2D eigenvalue weighted by molar-refractivity contribution is 6.03. The molecule has 0 saturated heterocycles. The van der Waals surface area contributed by atoms with Crippen LogP contribution in [-0.2, 0) is 12.8 Å². The Bertz CT molecular complexity index is 1490. The van der Waals surface area contributed by atoms with E-state index in [1.165, 1.54) is 12.1 Å². The largest absolute Gasteiger partial charge is 0.478 e. The summed E-state index contributed by atoms with van der Waals surface area (Å²) in [7, 11) is 0. The summed E-state index contributed by atoms with van der Waals surface area (Å²) < 4.78 is 0. The van der Waals surface area contributed by atoms with Crippen LogP contribution in [0.2, 0.25) is 0 Å². The van der Waals surface area contributed by atoms with Gasteiger partial charge >= 0.3 is 5.97 Å². The molecule has 0 aliphatic heterocycles. The lowest BCUT2D eigenvalue weighted by molar-refractivity contribution is -0.385. The third-order valence-electron chi connectivity index (χ3n) is 7.66. The van der Waals surface area contributed by atoms with E-state index < -0.39 is 21.7 Å². The molecule has 5 N–H and O–H groups in total. The second-order valence-electron chi connectivity index (χ2n) is 10.4. The van der Waals surface area contributed by atoms with Crippen LogP contribution in [0.25, 0.3) is 0 Å². The van der Waals surface area contributed by atoms with Crippen LogP contribution in [-0.4, -0.2) is 32.8 Å². The van der Waals surface area contributed by atoms with Crippen molar-refractivity contribution < 1.29 is 24.5 Å². The number of nitro groups is 2. The number of hydrogen-bond donors (Lipinski definition) is 3. The summed E-state index contributed by atoms with van der Waals surface area (Å²) in [5.74, 6) is -2.12. The van der Waals surface area contributed by atoms with Gasteiger partial charge < -0.3 is 16.6 Å². The lowest BCUT2D eigenvalue weighted by Crippen LogP contribution is -2.24. The molecule has 0 spiro atoms. The maximum Gasteiger partial charge on any atom is 0.336 e. The van der Waals surface area contributed by atoms with E-state index in [4.69, 9.17) is 16.6 Å². The molecule has 0 radical (unpaired) electrons. The highest BCUT2D eigenvalue weighted by Crippen LogP contribution is 2.37. The molecule has 228 valence electrons. The van der Waals surface area contributed by atoms with Gasteiger partial charge in [0.05, 0.1) is 21.0 Å². The van der Waals surface area contributed by atoms with Crippen molar-refractivity contribution in [2.24, 2.45) is 16.5 Å². The number of guanidine groups is 1. The minimum atomic E-state index is -1.12. The highest BCUT2D eigenvalue weighted by Gasteiger charge is 2.27. The number of nitrogens with zero attached hydrogens (tertiary/aromatic N) is 3. The zero-order valence-corrected chi connectivity index (χ0v) is 24.3. The molecule has 2 aromatic carbocycles. The highest BCUT2D eigenvalue weighted by atomic mass is 16.6. The van der Waals surface area contributed by atoms with Crippen molar-refractivity contribution in [1.29, 1.82) is 0 Å². The Labute approximate surface area is 249 Å². The maximum absolute atomic E-state index is 12.1. The summed E-state index contributed by atoms with van der Waals surface area (Å²) in [5.41, 5.74) is 13.2. The van der Waals surface area contributed by atoms with E-state index in [1.807, 2.05) is 38.2 Å². The number of aromatic carboxylic acids is 1. The fraction of sp³-hybridized carbons (Fsp3) is 0.387. The van der Waals surface area contributed by atoms with Crippen LogP contribution in [0.5, 0.6) is 0 Å². The van der Waals surface area contributed by atoms with Crippen LogP contribution < -0.4 is 11.5 Å². The molecule has 2 aliphatic rings. The quantitative estimate of drug-likeness (QED) is 0.107. The number of carboxylic acid groups (broad SMARTS) is 1. The van der Waals surface area contributed by atoms with Gasteiger partial charge in [0.2, 0.25) is 0 Å². The molecule has 12 heteroatoms. The molecule has 1 amide bonds. The molecule has 0 aromatic heterocycles. The Morgan fingerprint density at radius 2 is 1.28 bits per heavy atom. The molecule has 0 bridgehead atoms. The summed E-state index contributed by atoms with van der Waals surface area (Å²) in [4.78, 5) is 48.6. The fourth-order valence-electron chi connectivity index (χ4n) is 5.52. The molecule has 4 rings (SSSR count). The van der Waals surface area contributed by atoms with Crippen LogP contribution in [0.15, 0.2) is 53.6 Å². The second kappa shape index (κ2) is 14.9. The van der Waals surface area contributed by atoms with Gasteiger partial charge in [0.1, 0.15) is 0 Å². The van der Waals surface area contributed by atoms with Gasteiger partial charge in [0, 0.05) is 35.1 Å². The Hall–Kier alpha value is -4.87. The number of nitro benzene ring substituents is 2. The SMILES string of the molecule is CCc1cc(C2C=CCCC2)c([N+](=O)[O-])cc1C(=O)N=C(N)N.CCc1cc(C2C=CCCC2)c([N+](=O)[O-])cc1C(=O)O. The van der Waals surface area contributed by atoms with Crippen molar-refractivity contribution in [3.05, 3.63) is 102 Å². The third-order valence-corrected chi connectivity index (χ3v) is 7.66. The number of allylic oxidation sites excluding steroid dienone is 4. The topological polar surface area (TPSA) is 205 Å². The van der Waals surface area contributed by atoms with E-state index in [1.54, 1.807) is 12.1 Å². The van der Waals surface area contributed by atoms with E-state index >= 15 is 0 Å². The van der Waals surface area contributed by atoms with Gasteiger partial charge in [0.25, 0.3) is 17.3 Å². The van der Waals surface area contributed by atoms with Crippen molar-refractivity contribution in [2.75, 3.05) is 0 Å². The first-order chi connectivity index (χ1) is 20.5. The van der Waals surface area contributed by atoms with Crippen molar-refractivity contribution in [3.63, 3.8) is 0 Å². The number of carboxylic acids is 1. The first kappa shape index (κ1) is 32.6. The zero-order chi connectivity index (χ0) is 31.7. The lowest BCUT2D eigenvalue weighted by atomic mass is 9.86. The van der Waals surface area contributed by atoms with Gasteiger partial charge in [0.15, 0.2) is 5.96 Å². The standard InChI is InChI=1S/C16H20N4O3.C15H17NO4/c1-2-10-8-12(11-6-4-3-5-7-11)14(20(22)23)9-13(10)15(21)19-16(17)18;1-2-10-8-12(11-6-4-3-5-7-11)14(16(19)20)9-13(10)15(17)18/h4,6,8-9,11H,2-3,5,7H2,1H3,(H4,17,18,19,21);4,6,8-9,11H,2-3,5,7H2,1H3,(H,17,18). The van der Waals surface area contributed by atoms with Crippen LogP contribution in [0.3, 0.4) is 0 Å². The molecular formula is C31H37N5O7. The monoisotopic (exact) mass is 591 g/mol. The predicted molar refractivity (Wildman–Crippen MR) is 164 cm³/mol. The number of nitrogens with two attached hydrogens (primary N) is 2. The number of rotatable bonds is 8. The molecule has 2 aliphatic carbocycles. The Morgan fingerprint density at radius 3 is 1.63 bits per heavy atom. The van der Waals surface area contributed by atoms with E-state index in [9.17, 15) is 29.8 Å². The number of aryl methyl sites for hydroxylation is 2. The van der Waals surface area contributed by atoms with Gasteiger partial charge in [-0.15, -0.1) is 0 Å². The van der Waals surface area contributed by atoms with Crippen LogP contribution in [0.1, 0.15) is 107 Å². The summed E-state index contributed by atoms with van der Waals surface area (Å²) in [6, 6.07) is 5.94. The van der Waals surface area contributed by atoms with E-state index in [-0.39, 0.29) is 40.3 Å². The Morgan fingerprint density at radius 1 is 0.837 bits per heavy atom. The molecule has 43 heavy (non-hydrogen) atoms. The summed E-state index contributed by atoms with van der Waals surface area (Å²) in [6.07, 6.45) is 14.9. The van der Waals surface area contributed by atoms with E-state index in [2.05, 4.69) is 4.99 Å². The molecular weight excluding hydrogens is 554 g/mol. The van der Waals surface area contributed by atoms with Gasteiger partial charge in [-0.1, -0.05) is 38.2 Å². The number of benzene rings is 2. The molecule has 2 unspecified atom stereocenters. The molecule has 12 nitrogen and oxygen atoms in total. The smallest absolute Gasteiger partial charge is 0.336 e. The van der Waals surface area contributed by atoms with Crippen LogP contribution in [0, 0.1) is 20.2 Å². The number of carbonyl (C=O) groups is 2. The van der Waals surface area contributed by atoms with Gasteiger partial charge in [-0.3, -0.25) is 25.0 Å². The van der Waals surface area contributed by atoms with Gasteiger partial charge in [-0.05, 0) is 74.6 Å². The first-order valence-electron chi connectivity index (χ1n) is 14.3. The Kier molecular flexibility index (Phi) is 11.3.